The van der Waals surface area contributed by atoms with Crippen LogP contribution in [0, 0.1) is 0 Å². The first-order valence-corrected chi connectivity index (χ1v) is 8.49. The van der Waals surface area contributed by atoms with Crippen LogP contribution in [0.5, 0.6) is 5.75 Å². The van der Waals surface area contributed by atoms with E-state index in [0.717, 1.165) is 22.7 Å². The molecule has 0 bridgehead atoms. The molecule has 0 aliphatic carbocycles. The van der Waals surface area contributed by atoms with Gasteiger partial charge in [-0.05, 0) is 48.9 Å². The predicted molar refractivity (Wildman–Crippen MR) is 101 cm³/mol. The van der Waals surface area contributed by atoms with Gasteiger partial charge in [-0.25, -0.2) is 9.55 Å². The van der Waals surface area contributed by atoms with Crippen molar-refractivity contribution < 1.29 is 9.30 Å². The molecular formula is C22H21N2O+. The van der Waals surface area contributed by atoms with E-state index >= 15 is 0 Å². The van der Waals surface area contributed by atoms with Crippen LogP contribution in [0.4, 0.5) is 0 Å². The lowest BCUT2D eigenvalue weighted by Gasteiger charge is -2.12. The van der Waals surface area contributed by atoms with Crippen molar-refractivity contribution in [1.82, 2.24) is 4.98 Å². The Bertz CT molecular complexity index is 988. The third-order valence-corrected chi connectivity index (χ3v) is 4.69. The van der Waals surface area contributed by atoms with Crippen molar-refractivity contribution in [3.05, 3.63) is 84.4 Å². The van der Waals surface area contributed by atoms with Gasteiger partial charge in [-0.15, -0.1) is 0 Å². The van der Waals surface area contributed by atoms with Gasteiger partial charge in [0.1, 0.15) is 11.8 Å². The molecule has 1 unspecified atom stereocenters. The zero-order valence-electron chi connectivity index (χ0n) is 14.4. The highest BCUT2D eigenvalue weighted by Crippen LogP contribution is 2.25. The van der Waals surface area contributed by atoms with Gasteiger partial charge in [0.25, 0.3) is 5.82 Å². The van der Waals surface area contributed by atoms with Gasteiger partial charge in [0.05, 0.1) is 12.7 Å². The number of nitrogens with one attached hydrogen (secondary N) is 1. The average molecular weight is 329 g/mol. The number of benzene rings is 3. The lowest BCUT2D eigenvalue weighted by Crippen LogP contribution is -2.39. The highest BCUT2D eigenvalue weighted by Gasteiger charge is 2.25. The zero-order valence-corrected chi connectivity index (χ0v) is 14.4. The van der Waals surface area contributed by atoms with Gasteiger partial charge in [-0.1, -0.05) is 42.5 Å². The number of aromatic nitrogens is 2. The fourth-order valence-electron chi connectivity index (χ4n) is 3.34. The van der Waals surface area contributed by atoms with E-state index in [2.05, 4.69) is 83.2 Å². The first-order chi connectivity index (χ1) is 12.3. The maximum atomic E-state index is 5.29. The Labute approximate surface area is 147 Å². The van der Waals surface area contributed by atoms with E-state index in [-0.39, 0.29) is 6.04 Å². The van der Waals surface area contributed by atoms with E-state index in [1.807, 2.05) is 12.1 Å². The van der Waals surface area contributed by atoms with Gasteiger partial charge in [0.15, 0.2) is 11.0 Å². The minimum absolute atomic E-state index is 0.217. The van der Waals surface area contributed by atoms with Crippen LogP contribution >= 0.6 is 0 Å². The van der Waals surface area contributed by atoms with Crippen LogP contribution in [0.25, 0.3) is 22.4 Å². The number of ether oxygens (including phenoxy) is 1. The van der Waals surface area contributed by atoms with E-state index in [4.69, 9.17) is 4.74 Å². The van der Waals surface area contributed by atoms with Gasteiger partial charge < -0.3 is 4.74 Å². The molecule has 3 aromatic carbocycles. The maximum Gasteiger partial charge on any atom is 0.288 e. The fraction of sp³-hybridized carbons (Fsp3) is 0.136. The van der Waals surface area contributed by atoms with E-state index in [0.29, 0.717) is 0 Å². The van der Waals surface area contributed by atoms with Crippen LogP contribution in [0.2, 0.25) is 0 Å². The quantitative estimate of drug-likeness (QED) is 0.538. The summed E-state index contributed by atoms with van der Waals surface area (Å²) >= 11 is 0. The van der Waals surface area contributed by atoms with E-state index < -0.39 is 0 Å². The molecule has 3 nitrogen and oxygen atoms in total. The van der Waals surface area contributed by atoms with Crippen LogP contribution in [-0.4, -0.2) is 12.1 Å². The van der Waals surface area contributed by atoms with Crippen molar-refractivity contribution in [3.8, 4) is 17.1 Å². The molecule has 0 spiro atoms. The number of para-hydroxylation sites is 2. The number of methoxy groups -OCH3 is 1. The van der Waals surface area contributed by atoms with Gasteiger partial charge >= 0.3 is 0 Å². The first kappa shape index (κ1) is 15.5. The molecule has 25 heavy (non-hydrogen) atoms. The van der Waals surface area contributed by atoms with Gasteiger partial charge in [0, 0.05) is 0 Å². The Morgan fingerprint density at radius 2 is 1.52 bits per heavy atom. The van der Waals surface area contributed by atoms with E-state index in [1.165, 1.54) is 11.1 Å². The lowest BCUT2D eigenvalue weighted by molar-refractivity contribution is -0.674. The number of hydrogen-bond donors (Lipinski definition) is 1. The molecular weight excluding hydrogens is 308 g/mol. The van der Waals surface area contributed by atoms with Crippen molar-refractivity contribution in [3.63, 3.8) is 0 Å². The van der Waals surface area contributed by atoms with Crippen molar-refractivity contribution in [1.29, 1.82) is 0 Å². The summed E-state index contributed by atoms with van der Waals surface area (Å²) in [6.07, 6.45) is 0. The second-order valence-electron chi connectivity index (χ2n) is 6.18. The van der Waals surface area contributed by atoms with Crippen LogP contribution in [0.15, 0.2) is 78.9 Å². The monoisotopic (exact) mass is 329 g/mol. The fourth-order valence-corrected chi connectivity index (χ4v) is 3.34. The minimum Gasteiger partial charge on any atom is -0.497 e. The molecule has 4 rings (SSSR count). The van der Waals surface area contributed by atoms with Crippen LogP contribution < -0.4 is 9.30 Å². The van der Waals surface area contributed by atoms with Gasteiger partial charge in [0.2, 0.25) is 0 Å². The van der Waals surface area contributed by atoms with Crippen LogP contribution in [-0.2, 0) is 0 Å². The number of fused-ring (bicyclic) bond motifs is 1. The number of H-pyrrole nitrogens is 1. The highest BCUT2D eigenvalue weighted by atomic mass is 16.5. The Morgan fingerprint density at radius 3 is 2.24 bits per heavy atom. The minimum atomic E-state index is 0.217. The molecule has 0 amide bonds. The molecule has 0 saturated heterocycles. The summed E-state index contributed by atoms with van der Waals surface area (Å²) < 4.78 is 7.66. The average Bonchev–Trinajstić information content (AvgIpc) is 3.07. The summed E-state index contributed by atoms with van der Waals surface area (Å²) in [5.74, 6) is 1.96. The van der Waals surface area contributed by atoms with E-state index in [1.54, 1.807) is 7.11 Å². The molecule has 1 aromatic heterocycles. The van der Waals surface area contributed by atoms with Crippen LogP contribution in [0.1, 0.15) is 18.5 Å². The van der Waals surface area contributed by atoms with Crippen LogP contribution in [0.3, 0.4) is 0 Å². The number of nitrogens with zero attached hydrogens (tertiary/aromatic N) is 1. The van der Waals surface area contributed by atoms with Crippen molar-refractivity contribution in [2.45, 2.75) is 13.0 Å². The number of rotatable bonds is 4. The number of aromatic amines is 1. The Morgan fingerprint density at radius 1 is 0.840 bits per heavy atom. The third-order valence-electron chi connectivity index (χ3n) is 4.69. The molecule has 1 heterocycles. The third kappa shape index (κ3) is 2.78. The molecule has 0 aliphatic heterocycles. The molecule has 0 aliphatic rings. The van der Waals surface area contributed by atoms with Crippen molar-refractivity contribution in [2.24, 2.45) is 0 Å². The Kier molecular flexibility index (Phi) is 3.98. The molecule has 1 atom stereocenters. The van der Waals surface area contributed by atoms with Crippen molar-refractivity contribution >= 4 is 11.0 Å². The molecule has 4 aromatic rings. The molecule has 1 N–H and O–H groups in total. The zero-order chi connectivity index (χ0) is 17.2. The van der Waals surface area contributed by atoms with E-state index in [9.17, 15) is 0 Å². The van der Waals surface area contributed by atoms with Crippen molar-refractivity contribution in [2.75, 3.05) is 7.11 Å². The molecule has 0 radical (unpaired) electrons. The standard InChI is InChI=1S/C22H20N2O/c1-16(17-8-4-3-5-9-17)24-21-11-7-6-10-20(21)23-22(24)18-12-14-19(25-2)15-13-18/h3-16H,1-2H3/p+1. The van der Waals surface area contributed by atoms with Gasteiger partial charge in [-0.3, -0.25) is 0 Å². The molecule has 124 valence electrons. The second kappa shape index (κ2) is 6.44. The maximum absolute atomic E-state index is 5.29. The second-order valence-corrected chi connectivity index (χ2v) is 6.18. The summed E-state index contributed by atoms with van der Waals surface area (Å²) in [4.78, 5) is 3.59. The SMILES string of the molecule is COc1ccc(-c2[nH]c3ccccc3[n+]2C(C)c2ccccc2)cc1. The largest absolute Gasteiger partial charge is 0.497 e. The smallest absolute Gasteiger partial charge is 0.288 e. The number of imidazole rings is 1. The summed E-state index contributed by atoms with van der Waals surface area (Å²) in [6.45, 7) is 2.24. The van der Waals surface area contributed by atoms with Gasteiger partial charge in [-0.2, -0.15) is 0 Å². The highest BCUT2D eigenvalue weighted by molar-refractivity contribution is 5.74. The topological polar surface area (TPSA) is 28.9 Å². The first-order valence-electron chi connectivity index (χ1n) is 8.49. The summed E-state index contributed by atoms with van der Waals surface area (Å²) in [5, 5.41) is 0. The summed E-state index contributed by atoms with van der Waals surface area (Å²) in [5.41, 5.74) is 4.76. The summed E-state index contributed by atoms with van der Waals surface area (Å²) in [7, 11) is 1.69. The molecule has 0 saturated carbocycles. The lowest BCUT2D eigenvalue weighted by atomic mass is 10.1. The predicted octanol–water partition coefficient (Wildman–Crippen LogP) is 4.74. The normalized spacial score (nSPS) is 12.2. The Hall–Kier alpha value is -3.07. The summed E-state index contributed by atoms with van der Waals surface area (Å²) in [6, 6.07) is 27.4. The Balaban J connectivity index is 1.91. The number of hydrogen-bond acceptors (Lipinski definition) is 1. The molecule has 0 fully saturated rings. The molecule has 3 heteroatoms.